The summed E-state index contributed by atoms with van der Waals surface area (Å²) in [4.78, 5) is 2.44. The van der Waals surface area contributed by atoms with Crippen LogP contribution in [0, 0.1) is 0 Å². The number of methoxy groups -OCH3 is 2. The number of nitrogens with zero attached hydrogens (tertiary/aromatic N) is 1. The van der Waals surface area contributed by atoms with Gasteiger partial charge in [0, 0.05) is 37.8 Å². The normalized spacial score (nSPS) is 19.6. The molecule has 0 aromatic heterocycles. The average Bonchev–Trinajstić information content (AvgIpc) is 2.38. The zero-order valence-electron chi connectivity index (χ0n) is 11.8. The van der Waals surface area contributed by atoms with Crippen molar-refractivity contribution < 1.29 is 9.47 Å². The molecule has 108 valence electrons. The lowest BCUT2D eigenvalue weighted by atomic mass is 10.1. The van der Waals surface area contributed by atoms with Crippen molar-refractivity contribution in [1.82, 2.24) is 10.2 Å². The predicted octanol–water partition coefficient (Wildman–Crippen LogP) is 1.92. The number of hydrogen-bond donors (Lipinski definition) is 1. The maximum atomic E-state index is 5.42. The highest BCUT2D eigenvalue weighted by Crippen LogP contribution is 2.25. The van der Waals surface area contributed by atoms with E-state index in [-0.39, 0.29) is 12.4 Å². The van der Waals surface area contributed by atoms with Gasteiger partial charge in [-0.05, 0) is 25.1 Å². The molecule has 1 aromatic rings. The van der Waals surface area contributed by atoms with E-state index in [0.29, 0.717) is 6.04 Å². The molecule has 1 aromatic carbocycles. The molecule has 1 aliphatic heterocycles. The van der Waals surface area contributed by atoms with Crippen molar-refractivity contribution in [2.75, 3.05) is 33.9 Å². The smallest absolute Gasteiger partial charge is 0.123 e. The molecule has 1 atom stereocenters. The molecule has 19 heavy (non-hydrogen) atoms. The van der Waals surface area contributed by atoms with Gasteiger partial charge in [-0.2, -0.15) is 0 Å². The van der Waals surface area contributed by atoms with Crippen LogP contribution >= 0.6 is 12.4 Å². The minimum Gasteiger partial charge on any atom is -0.497 e. The van der Waals surface area contributed by atoms with Crippen molar-refractivity contribution in [2.24, 2.45) is 0 Å². The summed E-state index contributed by atoms with van der Waals surface area (Å²) in [6, 6.07) is 6.52. The lowest BCUT2D eigenvalue weighted by Gasteiger charge is -2.32. The number of nitrogens with one attached hydrogen (secondary N) is 1. The molecule has 0 amide bonds. The Morgan fingerprint density at radius 2 is 2.11 bits per heavy atom. The van der Waals surface area contributed by atoms with E-state index in [0.717, 1.165) is 37.7 Å². The van der Waals surface area contributed by atoms with Gasteiger partial charge in [0.2, 0.25) is 0 Å². The maximum Gasteiger partial charge on any atom is 0.123 e. The van der Waals surface area contributed by atoms with Gasteiger partial charge in [-0.25, -0.2) is 0 Å². The highest BCUT2D eigenvalue weighted by Gasteiger charge is 2.17. The summed E-state index contributed by atoms with van der Waals surface area (Å²) in [6.45, 7) is 6.32. The van der Waals surface area contributed by atoms with E-state index in [4.69, 9.17) is 9.47 Å². The van der Waals surface area contributed by atoms with Crippen LogP contribution in [-0.4, -0.2) is 44.8 Å². The first-order chi connectivity index (χ1) is 8.72. The van der Waals surface area contributed by atoms with Crippen LogP contribution in [0.4, 0.5) is 0 Å². The van der Waals surface area contributed by atoms with E-state index < -0.39 is 0 Å². The molecule has 0 radical (unpaired) electrons. The monoisotopic (exact) mass is 286 g/mol. The van der Waals surface area contributed by atoms with E-state index in [9.17, 15) is 0 Å². The average molecular weight is 287 g/mol. The molecule has 1 fully saturated rings. The van der Waals surface area contributed by atoms with Crippen LogP contribution in [-0.2, 0) is 6.54 Å². The fourth-order valence-electron chi connectivity index (χ4n) is 2.40. The van der Waals surface area contributed by atoms with Crippen molar-refractivity contribution in [3.05, 3.63) is 23.8 Å². The third kappa shape index (κ3) is 4.27. The van der Waals surface area contributed by atoms with E-state index in [1.165, 1.54) is 5.56 Å². The predicted molar refractivity (Wildman–Crippen MR) is 79.5 cm³/mol. The molecule has 1 unspecified atom stereocenters. The highest BCUT2D eigenvalue weighted by atomic mass is 35.5. The first kappa shape index (κ1) is 16.1. The molecular weight excluding hydrogens is 264 g/mol. The van der Waals surface area contributed by atoms with E-state index in [2.05, 4.69) is 23.2 Å². The topological polar surface area (TPSA) is 33.7 Å². The van der Waals surface area contributed by atoms with Gasteiger partial charge in [0.05, 0.1) is 14.2 Å². The van der Waals surface area contributed by atoms with Gasteiger partial charge >= 0.3 is 0 Å². The second-order valence-electron chi connectivity index (χ2n) is 4.77. The van der Waals surface area contributed by atoms with Crippen LogP contribution in [0.1, 0.15) is 12.5 Å². The minimum absolute atomic E-state index is 0. The van der Waals surface area contributed by atoms with Crippen LogP contribution < -0.4 is 14.8 Å². The SMILES string of the molecule is COc1ccc(OC)c(CN2CCNC(C)C2)c1.Cl. The Bertz CT molecular complexity index is 401. The lowest BCUT2D eigenvalue weighted by Crippen LogP contribution is -2.48. The molecular formula is C14H23ClN2O2. The van der Waals surface area contributed by atoms with Crippen LogP contribution in [0.25, 0.3) is 0 Å². The summed E-state index contributed by atoms with van der Waals surface area (Å²) in [7, 11) is 3.41. The van der Waals surface area contributed by atoms with Crippen molar-refractivity contribution in [3.8, 4) is 11.5 Å². The number of rotatable bonds is 4. The molecule has 2 rings (SSSR count). The van der Waals surface area contributed by atoms with Crippen molar-refractivity contribution in [2.45, 2.75) is 19.5 Å². The van der Waals surface area contributed by atoms with Gasteiger partial charge in [-0.1, -0.05) is 0 Å². The van der Waals surface area contributed by atoms with Gasteiger partial charge in [0.15, 0.2) is 0 Å². The summed E-state index contributed by atoms with van der Waals surface area (Å²) in [5, 5.41) is 3.45. The van der Waals surface area contributed by atoms with Crippen molar-refractivity contribution >= 4 is 12.4 Å². The zero-order valence-corrected chi connectivity index (χ0v) is 12.6. The first-order valence-corrected chi connectivity index (χ1v) is 6.39. The molecule has 1 N–H and O–H groups in total. The van der Waals surface area contributed by atoms with E-state index in [1.807, 2.05) is 12.1 Å². The molecule has 4 nitrogen and oxygen atoms in total. The van der Waals surface area contributed by atoms with Gasteiger partial charge in [-0.3, -0.25) is 4.90 Å². The summed E-state index contributed by atoms with van der Waals surface area (Å²) in [5.74, 6) is 1.82. The van der Waals surface area contributed by atoms with Gasteiger partial charge in [-0.15, -0.1) is 12.4 Å². The van der Waals surface area contributed by atoms with Crippen LogP contribution in [0.5, 0.6) is 11.5 Å². The number of ether oxygens (including phenoxy) is 2. The quantitative estimate of drug-likeness (QED) is 0.917. The van der Waals surface area contributed by atoms with Crippen molar-refractivity contribution in [1.29, 1.82) is 0 Å². The Morgan fingerprint density at radius 3 is 2.74 bits per heavy atom. The van der Waals surface area contributed by atoms with Crippen LogP contribution in [0.2, 0.25) is 0 Å². The first-order valence-electron chi connectivity index (χ1n) is 6.39. The minimum atomic E-state index is 0. The van der Waals surface area contributed by atoms with E-state index in [1.54, 1.807) is 14.2 Å². The molecule has 0 bridgehead atoms. The van der Waals surface area contributed by atoms with Gasteiger partial charge in [0.1, 0.15) is 11.5 Å². The second kappa shape index (κ2) is 7.58. The molecule has 0 saturated carbocycles. The molecule has 1 aliphatic rings. The Kier molecular flexibility index (Phi) is 6.42. The van der Waals surface area contributed by atoms with Crippen molar-refractivity contribution in [3.63, 3.8) is 0 Å². The summed E-state index contributed by atoms with van der Waals surface area (Å²) in [5.41, 5.74) is 1.19. The zero-order chi connectivity index (χ0) is 13.0. The number of hydrogen-bond acceptors (Lipinski definition) is 4. The molecule has 5 heteroatoms. The van der Waals surface area contributed by atoms with Gasteiger partial charge in [0.25, 0.3) is 0 Å². The Labute approximate surface area is 121 Å². The largest absolute Gasteiger partial charge is 0.497 e. The van der Waals surface area contributed by atoms with Crippen LogP contribution in [0.3, 0.4) is 0 Å². The number of piperazine rings is 1. The molecule has 1 heterocycles. The van der Waals surface area contributed by atoms with Gasteiger partial charge < -0.3 is 14.8 Å². The highest BCUT2D eigenvalue weighted by molar-refractivity contribution is 5.85. The standard InChI is InChI=1S/C14H22N2O2.ClH/c1-11-9-16(7-6-15-11)10-12-8-13(17-2)4-5-14(12)18-3;/h4-5,8,11,15H,6-7,9-10H2,1-3H3;1H. The second-order valence-corrected chi connectivity index (χ2v) is 4.77. The maximum absolute atomic E-state index is 5.42. The fraction of sp³-hybridized carbons (Fsp3) is 0.571. The Balaban J connectivity index is 0.00000180. The molecule has 1 saturated heterocycles. The number of benzene rings is 1. The van der Waals surface area contributed by atoms with E-state index >= 15 is 0 Å². The summed E-state index contributed by atoms with van der Waals surface area (Å²) >= 11 is 0. The fourth-order valence-corrected chi connectivity index (χ4v) is 2.40. The summed E-state index contributed by atoms with van der Waals surface area (Å²) in [6.07, 6.45) is 0. The molecule has 0 spiro atoms. The number of halogens is 1. The third-order valence-corrected chi connectivity index (χ3v) is 3.33. The van der Waals surface area contributed by atoms with Crippen LogP contribution in [0.15, 0.2) is 18.2 Å². The Morgan fingerprint density at radius 1 is 1.32 bits per heavy atom. The third-order valence-electron chi connectivity index (χ3n) is 3.33. The lowest BCUT2D eigenvalue weighted by molar-refractivity contribution is 0.197. The molecule has 0 aliphatic carbocycles. The Hall–Kier alpha value is -0.970. The summed E-state index contributed by atoms with van der Waals surface area (Å²) < 4.78 is 10.7.